The van der Waals surface area contributed by atoms with Crippen molar-refractivity contribution in [1.29, 1.82) is 5.26 Å². The third-order valence-corrected chi connectivity index (χ3v) is 6.78. The number of rotatable bonds is 7. The Morgan fingerprint density at radius 2 is 1.74 bits per heavy atom. The highest BCUT2D eigenvalue weighted by Gasteiger charge is 2.35. The maximum absolute atomic E-state index is 12.9. The number of thioether (sulfide) groups is 1. The van der Waals surface area contributed by atoms with E-state index in [-0.39, 0.29) is 28.3 Å². The van der Waals surface area contributed by atoms with Crippen molar-refractivity contribution >= 4 is 52.2 Å². The molecule has 1 aliphatic heterocycles. The second-order valence-corrected chi connectivity index (χ2v) is 9.26. The van der Waals surface area contributed by atoms with E-state index in [2.05, 4.69) is 6.07 Å². The third-order valence-electron chi connectivity index (χ3n) is 5.22. The number of ether oxygens (including phenoxy) is 2. The summed E-state index contributed by atoms with van der Waals surface area (Å²) in [6, 6.07) is 19.6. The number of amides is 2. The van der Waals surface area contributed by atoms with Crippen molar-refractivity contribution < 1.29 is 19.1 Å². The van der Waals surface area contributed by atoms with E-state index in [1.54, 1.807) is 60.7 Å². The predicted molar refractivity (Wildman–Crippen MR) is 136 cm³/mol. The Kier molecular flexibility index (Phi) is 7.67. The molecule has 0 aliphatic carbocycles. The van der Waals surface area contributed by atoms with Crippen LogP contribution in [0.25, 0.3) is 6.08 Å². The first-order valence-electron chi connectivity index (χ1n) is 10.4. The van der Waals surface area contributed by atoms with E-state index in [9.17, 15) is 14.9 Å². The lowest BCUT2D eigenvalue weighted by atomic mass is 10.1. The fourth-order valence-corrected chi connectivity index (χ4v) is 4.76. The summed E-state index contributed by atoms with van der Waals surface area (Å²) in [5.41, 5.74) is 2.47. The number of nitriles is 1. The molecule has 0 atom stereocenters. The highest BCUT2D eigenvalue weighted by molar-refractivity contribution is 8.18. The molecule has 0 bridgehead atoms. The summed E-state index contributed by atoms with van der Waals surface area (Å²) in [6.45, 7) is 0.211. The topological polar surface area (TPSA) is 79.6 Å². The third kappa shape index (κ3) is 5.46. The standard InChI is InChI=1S/C26H18Cl2N2O4S/c1-33-22-11-16(10-21(28)24(22)34-15-19-8-3-2-6-17(19)13-29)12-23-25(31)30(26(32)35-23)14-18-7-4-5-9-20(18)27/h2-12H,14-15H2,1H3/b23-12-. The summed E-state index contributed by atoms with van der Waals surface area (Å²) < 4.78 is 11.3. The van der Waals surface area contributed by atoms with Crippen LogP contribution in [0.2, 0.25) is 10.0 Å². The zero-order valence-electron chi connectivity index (χ0n) is 18.5. The van der Waals surface area contributed by atoms with Gasteiger partial charge in [0, 0.05) is 10.6 Å². The van der Waals surface area contributed by atoms with E-state index in [1.807, 2.05) is 6.07 Å². The first kappa shape index (κ1) is 24.7. The van der Waals surface area contributed by atoms with Gasteiger partial charge in [0.05, 0.1) is 35.2 Å². The smallest absolute Gasteiger partial charge is 0.293 e. The van der Waals surface area contributed by atoms with E-state index in [1.165, 1.54) is 7.11 Å². The monoisotopic (exact) mass is 524 g/mol. The summed E-state index contributed by atoms with van der Waals surface area (Å²) in [4.78, 5) is 26.8. The first-order chi connectivity index (χ1) is 16.9. The molecule has 0 radical (unpaired) electrons. The maximum Gasteiger partial charge on any atom is 0.293 e. The van der Waals surface area contributed by atoms with Crippen LogP contribution in [0, 0.1) is 11.3 Å². The van der Waals surface area contributed by atoms with Gasteiger partial charge < -0.3 is 9.47 Å². The van der Waals surface area contributed by atoms with Crippen LogP contribution in [0.5, 0.6) is 11.5 Å². The number of halogens is 2. The van der Waals surface area contributed by atoms with Gasteiger partial charge in [0.15, 0.2) is 11.5 Å². The Balaban J connectivity index is 1.55. The molecule has 6 nitrogen and oxygen atoms in total. The zero-order valence-corrected chi connectivity index (χ0v) is 20.8. The fraction of sp³-hybridized carbons (Fsp3) is 0.115. The van der Waals surface area contributed by atoms with Gasteiger partial charge in [-0.1, -0.05) is 59.6 Å². The molecule has 0 aromatic heterocycles. The van der Waals surface area contributed by atoms with E-state index in [4.69, 9.17) is 32.7 Å². The molecule has 2 amide bonds. The Labute approximate surface area is 216 Å². The summed E-state index contributed by atoms with van der Waals surface area (Å²) in [6.07, 6.45) is 1.58. The van der Waals surface area contributed by atoms with Crippen LogP contribution in [-0.4, -0.2) is 23.2 Å². The van der Waals surface area contributed by atoms with Gasteiger partial charge in [-0.25, -0.2) is 0 Å². The van der Waals surface area contributed by atoms with E-state index in [0.29, 0.717) is 38.8 Å². The number of carbonyl (C=O) groups is 2. The molecule has 35 heavy (non-hydrogen) atoms. The van der Waals surface area contributed by atoms with E-state index in [0.717, 1.165) is 16.7 Å². The highest BCUT2D eigenvalue weighted by Crippen LogP contribution is 2.40. The number of methoxy groups -OCH3 is 1. The average Bonchev–Trinajstić information content (AvgIpc) is 3.11. The zero-order chi connectivity index (χ0) is 24.9. The van der Waals surface area contributed by atoms with Crippen LogP contribution in [0.1, 0.15) is 22.3 Å². The van der Waals surface area contributed by atoms with Gasteiger partial charge in [0.25, 0.3) is 11.1 Å². The molecular formula is C26H18Cl2N2O4S. The molecular weight excluding hydrogens is 507 g/mol. The van der Waals surface area contributed by atoms with Gasteiger partial charge in [-0.2, -0.15) is 5.26 Å². The quantitative estimate of drug-likeness (QED) is 0.320. The minimum Gasteiger partial charge on any atom is -0.493 e. The molecule has 1 heterocycles. The number of nitrogens with zero attached hydrogens (tertiary/aromatic N) is 2. The molecule has 1 saturated heterocycles. The number of imide groups is 1. The number of hydrogen-bond donors (Lipinski definition) is 0. The Hall–Kier alpha value is -3.44. The molecule has 4 rings (SSSR count). The summed E-state index contributed by atoms with van der Waals surface area (Å²) >= 11 is 13.5. The molecule has 3 aromatic rings. The van der Waals surface area contributed by atoms with Gasteiger partial charge >= 0.3 is 0 Å². The average molecular weight is 525 g/mol. The van der Waals surface area contributed by atoms with Crippen molar-refractivity contribution in [3.05, 3.63) is 97.9 Å². The second kappa shape index (κ2) is 10.9. The van der Waals surface area contributed by atoms with Crippen molar-refractivity contribution in [3.63, 3.8) is 0 Å². The van der Waals surface area contributed by atoms with Crippen molar-refractivity contribution in [2.75, 3.05) is 7.11 Å². The first-order valence-corrected chi connectivity index (χ1v) is 12.0. The molecule has 0 spiro atoms. The van der Waals surface area contributed by atoms with Crippen molar-refractivity contribution in [1.82, 2.24) is 4.90 Å². The molecule has 1 fully saturated rings. The number of benzene rings is 3. The van der Waals surface area contributed by atoms with E-state index < -0.39 is 5.91 Å². The van der Waals surface area contributed by atoms with Crippen molar-refractivity contribution in [3.8, 4) is 17.6 Å². The molecule has 0 unspecified atom stereocenters. The molecule has 176 valence electrons. The van der Waals surface area contributed by atoms with Gasteiger partial charge in [-0.05, 0) is 53.2 Å². The molecule has 3 aromatic carbocycles. The SMILES string of the molecule is COc1cc(/C=C2\SC(=O)N(Cc3ccccc3Cl)C2=O)cc(Cl)c1OCc1ccccc1C#N. The van der Waals surface area contributed by atoms with Crippen LogP contribution >= 0.6 is 35.0 Å². The van der Waals surface area contributed by atoms with Crippen LogP contribution in [0.4, 0.5) is 4.79 Å². The normalized spacial score (nSPS) is 14.3. The molecule has 0 saturated carbocycles. The summed E-state index contributed by atoms with van der Waals surface area (Å²) in [5.74, 6) is 0.253. The second-order valence-electron chi connectivity index (χ2n) is 7.45. The van der Waals surface area contributed by atoms with Gasteiger partial charge in [0.1, 0.15) is 6.61 Å². The van der Waals surface area contributed by atoms with E-state index >= 15 is 0 Å². The molecule has 0 N–H and O–H groups in total. The van der Waals surface area contributed by atoms with Crippen LogP contribution in [0.3, 0.4) is 0 Å². The largest absolute Gasteiger partial charge is 0.493 e. The lowest BCUT2D eigenvalue weighted by molar-refractivity contribution is -0.123. The summed E-state index contributed by atoms with van der Waals surface area (Å²) in [5, 5.41) is 9.64. The molecule has 9 heteroatoms. The molecule has 1 aliphatic rings. The van der Waals surface area contributed by atoms with Crippen LogP contribution in [-0.2, 0) is 17.9 Å². The Morgan fingerprint density at radius 3 is 2.46 bits per heavy atom. The summed E-state index contributed by atoms with van der Waals surface area (Å²) in [7, 11) is 1.48. The maximum atomic E-state index is 12.9. The fourth-order valence-electron chi connectivity index (χ4n) is 3.45. The van der Waals surface area contributed by atoms with Gasteiger partial charge in [-0.15, -0.1) is 0 Å². The van der Waals surface area contributed by atoms with Crippen LogP contribution in [0.15, 0.2) is 65.6 Å². The Morgan fingerprint density at radius 1 is 1.03 bits per heavy atom. The number of carbonyl (C=O) groups excluding carboxylic acids is 2. The number of hydrogen-bond acceptors (Lipinski definition) is 6. The minimum absolute atomic E-state index is 0.0860. The lowest BCUT2D eigenvalue weighted by Gasteiger charge is -2.14. The highest BCUT2D eigenvalue weighted by atomic mass is 35.5. The lowest BCUT2D eigenvalue weighted by Crippen LogP contribution is -2.27. The minimum atomic E-state index is -0.413. The van der Waals surface area contributed by atoms with Crippen LogP contribution < -0.4 is 9.47 Å². The van der Waals surface area contributed by atoms with Gasteiger partial charge in [0.2, 0.25) is 0 Å². The van der Waals surface area contributed by atoms with Gasteiger partial charge in [-0.3, -0.25) is 14.5 Å². The van der Waals surface area contributed by atoms with Crippen molar-refractivity contribution in [2.24, 2.45) is 0 Å². The van der Waals surface area contributed by atoms with Crippen molar-refractivity contribution in [2.45, 2.75) is 13.2 Å². The Bertz CT molecular complexity index is 1380. The predicted octanol–water partition coefficient (Wildman–Crippen LogP) is 6.69.